The number of phenols is 1. The number of halogens is 2. The minimum atomic E-state index is -1.49. The van der Waals surface area contributed by atoms with E-state index in [1.54, 1.807) is 12.1 Å². The van der Waals surface area contributed by atoms with Crippen molar-refractivity contribution in [1.82, 2.24) is 21.3 Å². The lowest BCUT2D eigenvalue weighted by Crippen LogP contribution is -2.51. The van der Waals surface area contributed by atoms with Gasteiger partial charge in [0.2, 0.25) is 0 Å². The Balaban J connectivity index is 1.36. The van der Waals surface area contributed by atoms with Gasteiger partial charge < -0.3 is 31.5 Å². The Bertz CT molecular complexity index is 1540. The van der Waals surface area contributed by atoms with Crippen molar-refractivity contribution in [2.24, 2.45) is 0 Å². The summed E-state index contributed by atoms with van der Waals surface area (Å²) < 4.78 is 0. The molecule has 2 atom stereocenters. The van der Waals surface area contributed by atoms with Gasteiger partial charge in [-0.25, -0.2) is 9.59 Å². The maximum atomic E-state index is 13.0. The molecule has 43 heavy (non-hydrogen) atoms. The Morgan fingerprint density at radius 3 is 2.33 bits per heavy atom. The third-order valence-corrected chi connectivity index (χ3v) is 7.99. The zero-order chi connectivity index (χ0) is 31.3. The van der Waals surface area contributed by atoms with Crippen LogP contribution in [0, 0.1) is 0 Å². The fourth-order valence-electron chi connectivity index (χ4n) is 5.07. The van der Waals surface area contributed by atoms with Crippen molar-refractivity contribution in [2.75, 3.05) is 6.54 Å². The van der Waals surface area contributed by atoms with E-state index in [9.17, 15) is 29.4 Å². The van der Waals surface area contributed by atoms with E-state index in [-0.39, 0.29) is 44.9 Å². The van der Waals surface area contributed by atoms with Gasteiger partial charge in [0.1, 0.15) is 11.8 Å². The van der Waals surface area contributed by atoms with E-state index in [1.807, 2.05) is 24.3 Å². The number of carboxylic acid groups (broad SMARTS) is 1. The number of hydrogen-bond acceptors (Lipinski definition) is 5. The maximum Gasteiger partial charge on any atom is 0.328 e. The predicted octanol–water partition coefficient (Wildman–Crippen LogP) is 4.92. The van der Waals surface area contributed by atoms with Crippen LogP contribution < -0.4 is 21.3 Å². The second kappa shape index (κ2) is 13.4. The molecule has 10 nitrogen and oxygen atoms in total. The van der Waals surface area contributed by atoms with Gasteiger partial charge in [0.15, 0.2) is 0 Å². The number of urea groups is 1. The number of carbonyl (C=O) groups excluding carboxylic acids is 3. The second-order valence-corrected chi connectivity index (χ2v) is 11.8. The highest BCUT2D eigenvalue weighted by atomic mass is 35.5. The van der Waals surface area contributed by atoms with Crippen LogP contribution in [0.5, 0.6) is 5.75 Å². The van der Waals surface area contributed by atoms with Gasteiger partial charge in [0.25, 0.3) is 11.8 Å². The molecule has 0 aromatic heterocycles. The molecule has 12 heteroatoms. The van der Waals surface area contributed by atoms with E-state index in [0.29, 0.717) is 5.56 Å². The molecule has 1 aliphatic carbocycles. The van der Waals surface area contributed by atoms with E-state index in [4.69, 9.17) is 23.2 Å². The quantitative estimate of drug-likeness (QED) is 0.198. The smallest absolute Gasteiger partial charge is 0.328 e. The third kappa shape index (κ3) is 7.77. The number of rotatable bonds is 9. The van der Waals surface area contributed by atoms with Crippen molar-refractivity contribution in [1.29, 1.82) is 0 Å². The monoisotopic (exact) mass is 626 g/mol. The molecule has 0 fully saturated rings. The van der Waals surface area contributed by atoms with E-state index >= 15 is 0 Å². The van der Waals surface area contributed by atoms with Crippen LogP contribution in [0.1, 0.15) is 70.1 Å². The molecule has 4 rings (SSSR count). The van der Waals surface area contributed by atoms with Gasteiger partial charge in [-0.2, -0.15) is 0 Å². The Morgan fingerprint density at radius 1 is 0.953 bits per heavy atom. The standard InChI is InChI=1S/C31H32Cl2N4O6/c1-31(2)11-10-24(20-8-3-4-9-21(20)31)37-30(43)35-16-25(29(41)42)36-28(40)26-22(32)13-18(14-23(26)33)27(39)34-15-17-6-5-7-19(38)12-17/h3-9,12-14,24-25,38H,10-11,15-16H2,1-2H3,(H,34,39)(H,36,40)(H,41,42)(H2,35,37,43)/t24-,25+/m1/s1. The van der Waals surface area contributed by atoms with Crippen LogP contribution in [0.15, 0.2) is 60.7 Å². The molecule has 0 spiro atoms. The molecule has 0 aliphatic heterocycles. The minimum Gasteiger partial charge on any atom is -0.508 e. The van der Waals surface area contributed by atoms with Crippen LogP contribution in [-0.4, -0.2) is 46.6 Å². The summed E-state index contributed by atoms with van der Waals surface area (Å²) in [5.74, 6) is -2.74. The van der Waals surface area contributed by atoms with E-state index in [1.165, 1.54) is 24.3 Å². The summed E-state index contributed by atoms with van der Waals surface area (Å²) in [7, 11) is 0. The Labute approximate surface area is 258 Å². The number of aliphatic carboxylic acids is 1. The first kappa shape index (κ1) is 31.7. The molecule has 4 amide bonds. The third-order valence-electron chi connectivity index (χ3n) is 7.39. The SMILES string of the molecule is CC1(C)CC[C@@H](NC(=O)NC[C@H](NC(=O)c2c(Cl)cc(C(=O)NCc3cccc(O)c3)cc2Cl)C(=O)O)c2ccccc21. The van der Waals surface area contributed by atoms with Gasteiger partial charge in [0.05, 0.1) is 28.2 Å². The number of aromatic hydroxyl groups is 1. The van der Waals surface area contributed by atoms with Crippen molar-refractivity contribution < 1.29 is 29.4 Å². The minimum absolute atomic E-state index is 0.0263. The van der Waals surface area contributed by atoms with E-state index < -0.39 is 36.4 Å². The number of benzene rings is 3. The van der Waals surface area contributed by atoms with Crippen molar-refractivity contribution in [2.45, 2.75) is 50.7 Å². The Morgan fingerprint density at radius 2 is 1.65 bits per heavy atom. The first-order chi connectivity index (χ1) is 20.4. The average Bonchev–Trinajstić information content (AvgIpc) is 2.95. The highest BCUT2D eigenvalue weighted by Crippen LogP contribution is 2.41. The summed E-state index contributed by atoms with van der Waals surface area (Å²) in [6, 6.07) is 14.4. The molecule has 1 aliphatic rings. The van der Waals surface area contributed by atoms with Crippen LogP contribution in [-0.2, 0) is 16.8 Å². The fraction of sp³-hybridized carbons (Fsp3) is 0.290. The molecular weight excluding hydrogens is 595 g/mol. The largest absolute Gasteiger partial charge is 0.508 e. The molecule has 0 unspecified atom stereocenters. The van der Waals surface area contributed by atoms with Crippen LogP contribution in [0.3, 0.4) is 0 Å². The van der Waals surface area contributed by atoms with Crippen LogP contribution >= 0.6 is 23.2 Å². The lowest BCUT2D eigenvalue weighted by Gasteiger charge is -2.37. The first-order valence-electron chi connectivity index (χ1n) is 13.6. The van der Waals surface area contributed by atoms with Crippen molar-refractivity contribution in [3.8, 4) is 5.75 Å². The second-order valence-electron chi connectivity index (χ2n) is 10.9. The highest BCUT2D eigenvalue weighted by molar-refractivity contribution is 6.40. The number of hydrogen-bond donors (Lipinski definition) is 6. The molecule has 0 saturated carbocycles. The van der Waals surface area contributed by atoms with E-state index in [0.717, 1.165) is 24.0 Å². The summed E-state index contributed by atoms with van der Waals surface area (Å²) in [5, 5.41) is 29.4. The number of nitrogens with one attached hydrogen (secondary N) is 4. The normalized spacial score (nSPS) is 15.9. The van der Waals surface area contributed by atoms with E-state index in [2.05, 4.69) is 35.1 Å². The molecular formula is C31H32Cl2N4O6. The van der Waals surface area contributed by atoms with Crippen LogP contribution in [0.25, 0.3) is 0 Å². The molecule has 3 aromatic rings. The molecule has 0 saturated heterocycles. The Hall–Kier alpha value is -4.28. The van der Waals surface area contributed by atoms with Gasteiger partial charge in [0, 0.05) is 12.1 Å². The molecule has 0 radical (unpaired) electrons. The molecule has 226 valence electrons. The average molecular weight is 628 g/mol. The number of amides is 4. The first-order valence-corrected chi connectivity index (χ1v) is 14.3. The highest BCUT2D eigenvalue weighted by Gasteiger charge is 2.33. The van der Waals surface area contributed by atoms with Crippen molar-refractivity contribution in [3.05, 3.63) is 98.5 Å². The summed E-state index contributed by atoms with van der Waals surface area (Å²) in [6.45, 7) is 4.03. The number of fused-ring (bicyclic) bond motifs is 1. The van der Waals surface area contributed by atoms with Crippen LogP contribution in [0.4, 0.5) is 4.79 Å². The van der Waals surface area contributed by atoms with Gasteiger partial charge in [-0.05, 0) is 59.2 Å². The lowest BCUT2D eigenvalue weighted by atomic mass is 9.71. The summed E-state index contributed by atoms with van der Waals surface area (Å²) in [5.41, 5.74) is 2.66. The van der Waals surface area contributed by atoms with Gasteiger partial charge in [-0.1, -0.05) is 73.4 Å². The Kier molecular flexibility index (Phi) is 9.83. The maximum absolute atomic E-state index is 13.0. The summed E-state index contributed by atoms with van der Waals surface area (Å²) in [4.78, 5) is 50.2. The van der Waals surface area contributed by atoms with Crippen LogP contribution in [0.2, 0.25) is 10.0 Å². The van der Waals surface area contributed by atoms with Gasteiger partial charge in [-0.3, -0.25) is 9.59 Å². The van der Waals surface area contributed by atoms with Crippen molar-refractivity contribution >= 4 is 47.0 Å². The predicted molar refractivity (Wildman–Crippen MR) is 163 cm³/mol. The number of carbonyl (C=O) groups is 4. The summed E-state index contributed by atoms with van der Waals surface area (Å²) in [6.07, 6.45) is 1.58. The zero-order valence-corrected chi connectivity index (χ0v) is 25.1. The van der Waals surface area contributed by atoms with Crippen molar-refractivity contribution in [3.63, 3.8) is 0 Å². The summed E-state index contributed by atoms with van der Waals surface area (Å²) >= 11 is 12.6. The lowest BCUT2D eigenvalue weighted by molar-refractivity contribution is -0.139. The van der Waals surface area contributed by atoms with Gasteiger partial charge >= 0.3 is 12.0 Å². The number of carboxylic acids is 1. The molecule has 3 aromatic carbocycles. The molecule has 0 bridgehead atoms. The zero-order valence-electron chi connectivity index (χ0n) is 23.5. The topological polar surface area (TPSA) is 157 Å². The van der Waals surface area contributed by atoms with Gasteiger partial charge in [-0.15, -0.1) is 0 Å². The number of phenolic OH excluding ortho intramolecular Hbond substituents is 1. The molecule has 6 N–H and O–H groups in total. The fourth-order valence-corrected chi connectivity index (χ4v) is 5.73. The molecule has 0 heterocycles.